The number of furan rings is 1. The van der Waals surface area contributed by atoms with Gasteiger partial charge in [-0.25, -0.2) is 4.98 Å². The Labute approximate surface area is 165 Å². The fraction of sp³-hybridized carbons (Fsp3) is 0.273. The predicted molar refractivity (Wildman–Crippen MR) is 112 cm³/mol. The molecule has 0 saturated carbocycles. The number of nitrogens with one attached hydrogen (secondary N) is 1. The maximum absolute atomic E-state index is 5.35. The van der Waals surface area contributed by atoms with Crippen molar-refractivity contribution in [1.29, 1.82) is 0 Å². The summed E-state index contributed by atoms with van der Waals surface area (Å²) in [5.74, 6) is 2.48. The Morgan fingerprint density at radius 3 is 2.64 bits per heavy atom. The second kappa shape index (κ2) is 9.19. The Hall–Kier alpha value is -3.12. The van der Waals surface area contributed by atoms with Crippen LogP contribution in [0.1, 0.15) is 11.3 Å². The molecular formula is C22H25N5O. The topological polar surface area (TPSA) is 57.4 Å². The number of rotatable bonds is 7. The highest BCUT2D eigenvalue weighted by atomic mass is 16.3. The van der Waals surface area contributed by atoms with E-state index in [1.54, 1.807) is 6.26 Å². The highest BCUT2D eigenvalue weighted by Gasteiger charge is 2.18. The monoisotopic (exact) mass is 375 g/mol. The summed E-state index contributed by atoms with van der Waals surface area (Å²) >= 11 is 0. The van der Waals surface area contributed by atoms with E-state index in [0.29, 0.717) is 6.54 Å². The van der Waals surface area contributed by atoms with E-state index < -0.39 is 0 Å². The molecular weight excluding hydrogens is 350 g/mol. The van der Waals surface area contributed by atoms with Crippen LogP contribution in [0.3, 0.4) is 0 Å². The fourth-order valence-corrected chi connectivity index (χ4v) is 3.22. The molecule has 1 aliphatic heterocycles. The first kappa shape index (κ1) is 18.3. The van der Waals surface area contributed by atoms with Gasteiger partial charge in [-0.3, -0.25) is 4.90 Å². The SMILES string of the molecule is C(=C\c1ccccc1)/CN1CCN(c2nccc(NCc3ccco3)n2)CC1. The van der Waals surface area contributed by atoms with Gasteiger partial charge >= 0.3 is 0 Å². The van der Waals surface area contributed by atoms with Gasteiger partial charge in [-0.05, 0) is 23.8 Å². The molecule has 0 spiro atoms. The van der Waals surface area contributed by atoms with Crippen LogP contribution >= 0.6 is 0 Å². The Bertz CT molecular complexity index is 871. The molecule has 0 aliphatic carbocycles. The summed E-state index contributed by atoms with van der Waals surface area (Å²) in [4.78, 5) is 13.8. The minimum absolute atomic E-state index is 0.616. The van der Waals surface area contributed by atoms with Crippen LogP contribution in [0.2, 0.25) is 0 Å². The number of anilines is 2. The summed E-state index contributed by atoms with van der Waals surface area (Å²) in [7, 11) is 0. The van der Waals surface area contributed by atoms with Gasteiger partial charge < -0.3 is 14.6 Å². The molecule has 3 heterocycles. The first-order valence-corrected chi connectivity index (χ1v) is 9.65. The summed E-state index contributed by atoms with van der Waals surface area (Å²) < 4.78 is 5.35. The molecule has 2 aromatic heterocycles. The normalized spacial score (nSPS) is 15.2. The van der Waals surface area contributed by atoms with Crippen LogP contribution in [-0.4, -0.2) is 47.6 Å². The zero-order valence-electron chi connectivity index (χ0n) is 15.9. The summed E-state index contributed by atoms with van der Waals surface area (Å²) in [6.45, 7) is 5.46. The molecule has 0 bridgehead atoms. The van der Waals surface area contributed by atoms with E-state index in [0.717, 1.165) is 50.3 Å². The van der Waals surface area contributed by atoms with Crippen LogP contribution in [-0.2, 0) is 6.54 Å². The minimum atomic E-state index is 0.616. The second-order valence-corrected chi connectivity index (χ2v) is 6.78. The Morgan fingerprint density at radius 2 is 1.86 bits per heavy atom. The van der Waals surface area contributed by atoms with Gasteiger partial charge in [0.25, 0.3) is 0 Å². The number of piperazine rings is 1. The van der Waals surface area contributed by atoms with Crippen molar-refractivity contribution in [2.24, 2.45) is 0 Å². The zero-order valence-corrected chi connectivity index (χ0v) is 15.9. The van der Waals surface area contributed by atoms with E-state index in [1.807, 2.05) is 30.5 Å². The number of benzene rings is 1. The predicted octanol–water partition coefficient (Wildman–Crippen LogP) is 3.52. The smallest absolute Gasteiger partial charge is 0.227 e. The van der Waals surface area contributed by atoms with Gasteiger partial charge in [-0.1, -0.05) is 42.5 Å². The lowest BCUT2D eigenvalue weighted by Crippen LogP contribution is -2.47. The molecule has 28 heavy (non-hydrogen) atoms. The van der Waals surface area contributed by atoms with Gasteiger partial charge in [0.2, 0.25) is 5.95 Å². The molecule has 0 amide bonds. The van der Waals surface area contributed by atoms with Crippen molar-refractivity contribution in [3.05, 3.63) is 78.4 Å². The van der Waals surface area contributed by atoms with Gasteiger partial charge in [0.05, 0.1) is 12.8 Å². The van der Waals surface area contributed by atoms with Crippen LogP contribution in [0, 0.1) is 0 Å². The molecule has 1 aliphatic rings. The largest absolute Gasteiger partial charge is 0.467 e. The quantitative estimate of drug-likeness (QED) is 0.682. The third-order valence-corrected chi connectivity index (χ3v) is 4.80. The van der Waals surface area contributed by atoms with Crippen LogP contribution in [0.25, 0.3) is 6.08 Å². The highest BCUT2D eigenvalue weighted by Crippen LogP contribution is 2.14. The molecule has 0 atom stereocenters. The highest BCUT2D eigenvalue weighted by molar-refractivity contribution is 5.48. The summed E-state index contributed by atoms with van der Waals surface area (Å²) in [5.41, 5.74) is 1.24. The average molecular weight is 375 g/mol. The molecule has 3 aromatic rings. The van der Waals surface area contributed by atoms with Crippen LogP contribution in [0.4, 0.5) is 11.8 Å². The molecule has 0 unspecified atom stereocenters. The Balaban J connectivity index is 1.26. The van der Waals surface area contributed by atoms with Gasteiger partial charge in [0.15, 0.2) is 0 Å². The molecule has 1 saturated heterocycles. The summed E-state index contributed by atoms with van der Waals surface area (Å²) in [5, 5.41) is 3.29. The van der Waals surface area contributed by atoms with E-state index in [1.165, 1.54) is 5.56 Å². The summed E-state index contributed by atoms with van der Waals surface area (Å²) in [6, 6.07) is 16.1. The van der Waals surface area contributed by atoms with Crippen molar-refractivity contribution >= 4 is 17.8 Å². The Kier molecular flexibility index (Phi) is 5.99. The fourth-order valence-electron chi connectivity index (χ4n) is 3.22. The molecule has 6 heteroatoms. The third-order valence-electron chi connectivity index (χ3n) is 4.80. The Morgan fingerprint density at radius 1 is 1.00 bits per heavy atom. The standard InChI is InChI=1S/C22H25N5O/c1-2-6-19(7-3-1)8-4-12-26-13-15-27(16-14-26)22-23-11-10-21(25-22)24-18-20-9-5-17-28-20/h1-11,17H,12-16,18H2,(H,23,24,25)/b8-4+. The van der Waals surface area contributed by atoms with Crippen molar-refractivity contribution in [2.45, 2.75) is 6.54 Å². The first-order chi connectivity index (χ1) is 13.9. The lowest BCUT2D eigenvalue weighted by Gasteiger charge is -2.34. The maximum atomic E-state index is 5.35. The van der Waals surface area contributed by atoms with Crippen LogP contribution in [0.5, 0.6) is 0 Å². The maximum Gasteiger partial charge on any atom is 0.227 e. The van der Waals surface area contributed by atoms with Crippen molar-refractivity contribution in [1.82, 2.24) is 14.9 Å². The van der Waals surface area contributed by atoms with Crippen LogP contribution in [0.15, 0.2) is 71.5 Å². The second-order valence-electron chi connectivity index (χ2n) is 6.78. The first-order valence-electron chi connectivity index (χ1n) is 9.65. The van der Waals surface area contributed by atoms with E-state index in [-0.39, 0.29) is 0 Å². The van der Waals surface area contributed by atoms with Crippen molar-refractivity contribution in [2.75, 3.05) is 42.9 Å². The molecule has 0 radical (unpaired) electrons. The molecule has 6 nitrogen and oxygen atoms in total. The summed E-state index contributed by atoms with van der Waals surface area (Å²) in [6.07, 6.45) is 7.91. The van der Waals surface area contributed by atoms with E-state index >= 15 is 0 Å². The van der Waals surface area contributed by atoms with E-state index in [9.17, 15) is 0 Å². The lowest BCUT2D eigenvalue weighted by atomic mass is 10.2. The van der Waals surface area contributed by atoms with Gasteiger partial charge in [0.1, 0.15) is 11.6 Å². The van der Waals surface area contributed by atoms with E-state index in [2.05, 4.69) is 61.5 Å². The van der Waals surface area contributed by atoms with Gasteiger partial charge in [-0.2, -0.15) is 4.98 Å². The lowest BCUT2D eigenvalue weighted by molar-refractivity contribution is 0.283. The van der Waals surface area contributed by atoms with E-state index in [4.69, 9.17) is 4.42 Å². The van der Waals surface area contributed by atoms with Crippen molar-refractivity contribution in [3.8, 4) is 0 Å². The van der Waals surface area contributed by atoms with Gasteiger partial charge in [-0.15, -0.1) is 0 Å². The average Bonchev–Trinajstić information content (AvgIpc) is 3.28. The van der Waals surface area contributed by atoms with Crippen molar-refractivity contribution < 1.29 is 4.42 Å². The van der Waals surface area contributed by atoms with Crippen LogP contribution < -0.4 is 10.2 Å². The molecule has 1 aromatic carbocycles. The number of hydrogen-bond donors (Lipinski definition) is 1. The van der Waals surface area contributed by atoms with Crippen molar-refractivity contribution in [3.63, 3.8) is 0 Å². The molecule has 4 rings (SSSR count). The third kappa shape index (κ3) is 4.98. The minimum Gasteiger partial charge on any atom is -0.467 e. The zero-order chi connectivity index (χ0) is 19.0. The number of nitrogens with zero attached hydrogens (tertiary/aromatic N) is 4. The molecule has 1 fully saturated rings. The van der Waals surface area contributed by atoms with Gasteiger partial charge in [0, 0.05) is 38.9 Å². The molecule has 144 valence electrons. The number of aromatic nitrogens is 2. The number of hydrogen-bond acceptors (Lipinski definition) is 6. The molecule has 1 N–H and O–H groups in total.